The van der Waals surface area contributed by atoms with E-state index in [2.05, 4.69) is 49.3 Å². The van der Waals surface area contributed by atoms with Gasteiger partial charge in [-0.1, -0.05) is 30.3 Å². The maximum absolute atomic E-state index is 5.86. The van der Waals surface area contributed by atoms with Crippen molar-refractivity contribution < 1.29 is 0 Å². The number of rotatable bonds is 1. The fourth-order valence-electron chi connectivity index (χ4n) is 2.06. The van der Waals surface area contributed by atoms with E-state index in [4.69, 9.17) is 11.6 Å². The van der Waals surface area contributed by atoms with Crippen LogP contribution in [0.5, 0.6) is 0 Å². The molecule has 3 rings (SSSR count). The second-order valence-corrected chi connectivity index (χ2v) is 5.38. The summed E-state index contributed by atoms with van der Waals surface area (Å²) >= 11 is 8.17. The molecule has 2 heterocycles. The van der Waals surface area contributed by atoms with Gasteiger partial charge in [0.1, 0.15) is 5.52 Å². The van der Waals surface area contributed by atoms with Crippen molar-refractivity contribution in [2.24, 2.45) is 7.05 Å². The molecule has 2 aromatic heterocycles. The van der Waals surface area contributed by atoms with E-state index in [9.17, 15) is 0 Å². The number of aromatic nitrogens is 3. The number of hydrogen-bond donors (Lipinski definition) is 0. The lowest BCUT2D eigenvalue weighted by molar-refractivity contribution is 0.969. The monoisotopic (exact) mass is 369 g/mol. The number of nitrogens with zero attached hydrogens (tertiary/aromatic N) is 3. The summed E-state index contributed by atoms with van der Waals surface area (Å²) < 4.78 is 3.20. The van der Waals surface area contributed by atoms with Gasteiger partial charge in [-0.15, -0.1) is 0 Å². The van der Waals surface area contributed by atoms with E-state index in [-0.39, 0.29) is 5.28 Å². The Morgan fingerprint density at radius 2 is 1.94 bits per heavy atom. The van der Waals surface area contributed by atoms with Crippen LogP contribution in [-0.4, -0.2) is 14.5 Å². The van der Waals surface area contributed by atoms with E-state index in [1.54, 1.807) is 6.20 Å². The van der Waals surface area contributed by atoms with Crippen LogP contribution in [0.25, 0.3) is 22.3 Å². The fraction of sp³-hybridized carbons (Fsp3) is 0.0769. The van der Waals surface area contributed by atoms with Crippen LogP contribution < -0.4 is 0 Å². The first-order chi connectivity index (χ1) is 8.68. The zero-order valence-corrected chi connectivity index (χ0v) is 12.5. The third-order valence-electron chi connectivity index (χ3n) is 2.90. The molecule has 0 radical (unpaired) electrons. The molecule has 0 fully saturated rings. The molecular weight excluding hydrogens is 361 g/mol. The summed E-state index contributed by atoms with van der Waals surface area (Å²) in [5.41, 5.74) is 4.20. The highest BCUT2D eigenvalue weighted by Gasteiger charge is 2.16. The average molecular weight is 370 g/mol. The highest BCUT2D eigenvalue weighted by molar-refractivity contribution is 14.1. The van der Waals surface area contributed by atoms with Crippen molar-refractivity contribution in [3.63, 3.8) is 0 Å². The molecule has 0 amide bonds. The van der Waals surface area contributed by atoms with E-state index in [0.717, 1.165) is 20.3 Å². The van der Waals surface area contributed by atoms with Crippen molar-refractivity contribution in [3.05, 3.63) is 45.4 Å². The predicted molar refractivity (Wildman–Crippen MR) is 81.7 cm³/mol. The van der Waals surface area contributed by atoms with Crippen LogP contribution in [0.2, 0.25) is 5.28 Å². The van der Waals surface area contributed by atoms with Crippen LogP contribution in [0, 0.1) is 3.57 Å². The molecule has 0 spiro atoms. The summed E-state index contributed by atoms with van der Waals surface area (Å²) in [7, 11) is 2.02. The predicted octanol–water partition coefficient (Wildman–Crippen LogP) is 3.89. The molecule has 90 valence electrons. The summed E-state index contributed by atoms with van der Waals surface area (Å²) in [5, 5.41) is 0.283. The molecule has 0 unspecified atom stereocenters. The largest absolute Gasteiger partial charge is 0.340 e. The van der Waals surface area contributed by atoms with E-state index >= 15 is 0 Å². The summed E-state index contributed by atoms with van der Waals surface area (Å²) in [6, 6.07) is 10.2. The maximum atomic E-state index is 5.86. The molecule has 3 nitrogen and oxygen atoms in total. The molecule has 18 heavy (non-hydrogen) atoms. The van der Waals surface area contributed by atoms with Crippen molar-refractivity contribution in [1.29, 1.82) is 0 Å². The standard InChI is InChI=1S/C13H9ClIN3/c1-18-9-7-16-13(14)17-11(9)10(15)12(18)8-5-3-2-4-6-8/h2-7H,1H3. The van der Waals surface area contributed by atoms with Gasteiger partial charge in [-0.25, -0.2) is 9.97 Å². The Bertz CT molecular complexity index is 722. The number of benzene rings is 1. The van der Waals surface area contributed by atoms with Gasteiger partial charge in [0, 0.05) is 7.05 Å². The SMILES string of the molecule is Cn1c(-c2ccccc2)c(I)c2nc(Cl)ncc21. The molecule has 0 aliphatic rings. The highest BCUT2D eigenvalue weighted by atomic mass is 127. The normalized spacial score (nSPS) is 11.1. The molecule has 0 saturated heterocycles. The molecule has 3 aromatic rings. The van der Waals surface area contributed by atoms with Gasteiger partial charge in [-0.2, -0.15) is 0 Å². The van der Waals surface area contributed by atoms with Crippen LogP contribution >= 0.6 is 34.2 Å². The molecule has 0 N–H and O–H groups in total. The second kappa shape index (κ2) is 4.51. The smallest absolute Gasteiger partial charge is 0.223 e. The van der Waals surface area contributed by atoms with Gasteiger partial charge in [-0.05, 0) is 39.8 Å². The lowest BCUT2D eigenvalue weighted by Crippen LogP contribution is -1.92. The molecule has 0 atom stereocenters. The molecule has 0 aliphatic heterocycles. The topological polar surface area (TPSA) is 30.7 Å². The quantitative estimate of drug-likeness (QED) is 0.481. The third kappa shape index (κ3) is 1.80. The summed E-state index contributed by atoms with van der Waals surface area (Å²) in [6.45, 7) is 0. The van der Waals surface area contributed by atoms with Gasteiger partial charge in [0.05, 0.1) is 21.0 Å². The Kier molecular flexibility index (Phi) is 2.99. The molecular formula is C13H9ClIN3. The van der Waals surface area contributed by atoms with Gasteiger partial charge in [0.2, 0.25) is 5.28 Å². The molecule has 0 saturated carbocycles. The summed E-state index contributed by atoms with van der Waals surface area (Å²) in [4.78, 5) is 8.35. The first-order valence-electron chi connectivity index (χ1n) is 5.40. The maximum Gasteiger partial charge on any atom is 0.223 e. The average Bonchev–Trinajstić information content (AvgIpc) is 2.63. The lowest BCUT2D eigenvalue weighted by Gasteiger charge is -2.04. The van der Waals surface area contributed by atoms with Crippen LogP contribution in [0.4, 0.5) is 0 Å². The Balaban J connectivity index is 2.37. The van der Waals surface area contributed by atoms with Crippen molar-refractivity contribution in [3.8, 4) is 11.3 Å². The van der Waals surface area contributed by atoms with Crippen molar-refractivity contribution in [2.75, 3.05) is 0 Å². The van der Waals surface area contributed by atoms with E-state index in [0.29, 0.717) is 0 Å². The number of fused-ring (bicyclic) bond motifs is 1. The van der Waals surface area contributed by atoms with Crippen LogP contribution in [0.1, 0.15) is 0 Å². The Hall–Kier alpha value is -1.14. The minimum atomic E-state index is 0.283. The Labute approximate surface area is 123 Å². The summed E-state index contributed by atoms with van der Waals surface area (Å²) in [5.74, 6) is 0. The van der Waals surface area contributed by atoms with Crippen molar-refractivity contribution in [1.82, 2.24) is 14.5 Å². The number of hydrogen-bond acceptors (Lipinski definition) is 2. The van der Waals surface area contributed by atoms with Crippen LogP contribution in [-0.2, 0) is 7.05 Å². The lowest BCUT2D eigenvalue weighted by atomic mass is 10.1. The summed E-state index contributed by atoms with van der Waals surface area (Å²) in [6.07, 6.45) is 1.76. The first kappa shape index (κ1) is 11.9. The van der Waals surface area contributed by atoms with E-state index in [1.807, 2.05) is 25.2 Å². The highest BCUT2D eigenvalue weighted by Crippen LogP contribution is 2.32. The Morgan fingerprint density at radius 3 is 2.67 bits per heavy atom. The van der Waals surface area contributed by atoms with E-state index < -0.39 is 0 Å². The van der Waals surface area contributed by atoms with Gasteiger partial charge in [-0.3, -0.25) is 0 Å². The fourth-order valence-corrected chi connectivity index (χ4v) is 3.26. The zero-order valence-electron chi connectivity index (χ0n) is 9.56. The molecule has 0 aliphatic carbocycles. The van der Waals surface area contributed by atoms with Gasteiger partial charge in [0.15, 0.2) is 0 Å². The van der Waals surface area contributed by atoms with Gasteiger partial charge in [0.25, 0.3) is 0 Å². The van der Waals surface area contributed by atoms with Crippen LogP contribution in [0.15, 0.2) is 36.5 Å². The van der Waals surface area contributed by atoms with Crippen molar-refractivity contribution in [2.45, 2.75) is 0 Å². The first-order valence-corrected chi connectivity index (χ1v) is 6.86. The second-order valence-electron chi connectivity index (χ2n) is 3.96. The van der Waals surface area contributed by atoms with Gasteiger partial charge < -0.3 is 4.57 Å². The van der Waals surface area contributed by atoms with Crippen LogP contribution in [0.3, 0.4) is 0 Å². The molecule has 0 bridgehead atoms. The number of aryl methyl sites for hydroxylation is 1. The minimum Gasteiger partial charge on any atom is -0.340 e. The third-order valence-corrected chi connectivity index (χ3v) is 4.10. The molecule has 1 aromatic carbocycles. The minimum absolute atomic E-state index is 0.283. The van der Waals surface area contributed by atoms with E-state index in [1.165, 1.54) is 5.56 Å². The molecule has 5 heteroatoms. The number of halogens is 2. The van der Waals surface area contributed by atoms with Gasteiger partial charge >= 0.3 is 0 Å². The van der Waals surface area contributed by atoms with Crippen molar-refractivity contribution >= 4 is 45.2 Å². The Morgan fingerprint density at radius 1 is 1.22 bits per heavy atom. The zero-order chi connectivity index (χ0) is 12.7.